The highest BCUT2D eigenvalue weighted by Gasteiger charge is 2.50. The van der Waals surface area contributed by atoms with Crippen LogP contribution >= 0.6 is 10.7 Å². The Bertz CT molecular complexity index is 640. The average Bonchev–Trinajstić information content (AvgIpc) is 2.52. The smallest absolute Gasteiger partial charge is 0.355 e. The summed E-state index contributed by atoms with van der Waals surface area (Å²) < 4.78 is 36.7. The van der Waals surface area contributed by atoms with Gasteiger partial charge in [0.15, 0.2) is 5.41 Å². The lowest BCUT2D eigenvalue weighted by Gasteiger charge is -2.28. The molecule has 0 bridgehead atoms. The molecular formula is C15H19ClO7S. The van der Waals surface area contributed by atoms with Crippen LogP contribution in [0, 0.1) is 5.41 Å². The first kappa shape index (κ1) is 20.4. The van der Waals surface area contributed by atoms with Gasteiger partial charge in [0.25, 0.3) is 0 Å². The average molecular weight is 379 g/mol. The van der Waals surface area contributed by atoms with Crippen molar-refractivity contribution >= 4 is 32.0 Å². The largest absolute Gasteiger partial charge is 0.465 e. The second kappa shape index (κ2) is 9.00. The van der Waals surface area contributed by atoms with Crippen LogP contribution in [0.2, 0.25) is 0 Å². The van der Waals surface area contributed by atoms with E-state index in [1.807, 2.05) is 0 Å². The summed E-state index contributed by atoms with van der Waals surface area (Å²) in [5.74, 6) is -1.87. The maximum absolute atomic E-state index is 12.5. The minimum absolute atomic E-state index is 0.00238. The Morgan fingerprint density at radius 1 is 1.04 bits per heavy atom. The molecule has 0 aliphatic heterocycles. The Morgan fingerprint density at radius 3 is 1.96 bits per heavy atom. The van der Waals surface area contributed by atoms with E-state index in [0.29, 0.717) is 5.56 Å². The van der Waals surface area contributed by atoms with Gasteiger partial charge in [0.05, 0.1) is 19.8 Å². The molecule has 7 nitrogen and oxygen atoms in total. The van der Waals surface area contributed by atoms with Crippen molar-refractivity contribution in [2.45, 2.75) is 20.3 Å². The number of ether oxygens (including phenoxy) is 2. The quantitative estimate of drug-likeness (QED) is 0.367. The predicted octanol–water partition coefficient (Wildman–Crippen LogP) is 1.84. The molecule has 1 aromatic carbocycles. The van der Waals surface area contributed by atoms with Gasteiger partial charge in [0.1, 0.15) is 0 Å². The molecule has 9 heteroatoms. The van der Waals surface area contributed by atoms with Gasteiger partial charge < -0.3 is 9.47 Å². The van der Waals surface area contributed by atoms with Crippen LogP contribution in [-0.4, -0.2) is 40.2 Å². The highest BCUT2D eigenvalue weighted by molar-refractivity contribution is 8.09. The van der Waals surface area contributed by atoms with E-state index in [-0.39, 0.29) is 19.6 Å². The maximum atomic E-state index is 12.5. The molecule has 0 aromatic heterocycles. The number of carbonyl (C=O) groups is 2. The van der Waals surface area contributed by atoms with Crippen LogP contribution in [0.3, 0.4) is 0 Å². The Labute approximate surface area is 145 Å². The van der Waals surface area contributed by atoms with E-state index in [1.165, 1.54) is 0 Å². The fourth-order valence-electron chi connectivity index (χ4n) is 2.05. The summed E-state index contributed by atoms with van der Waals surface area (Å²) in [5, 5.41) is 0. The van der Waals surface area contributed by atoms with E-state index in [0.717, 1.165) is 0 Å². The van der Waals surface area contributed by atoms with E-state index in [1.54, 1.807) is 44.2 Å². The summed E-state index contributed by atoms with van der Waals surface area (Å²) in [4.78, 5) is 24.9. The zero-order valence-electron chi connectivity index (χ0n) is 13.4. The zero-order chi connectivity index (χ0) is 18.2. The van der Waals surface area contributed by atoms with Gasteiger partial charge in [-0.25, -0.2) is 0 Å². The van der Waals surface area contributed by atoms with Crippen molar-refractivity contribution in [3.63, 3.8) is 0 Å². The number of carbonyl (C=O) groups excluding carboxylic acids is 2. The van der Waals surface area contributed by atoms with Crippen LogP contribution in [0.4, 0.5) is 0 Å². The molecule has 0 spiro atoms. The van der Waals surface area contributed by atoms with Crippen molar-refractivity contribution in [1.82, 2.24) is 0 Å². The molecule has 0 N–H and O–H groups in total. The third-order valence-corrected chi connectivity index (χ3v) is 3.79. The van der Waals surface area contributed by atoms with Gasteiger partial charge in [-0.1, -0.05) is 30.3 Å². The van der Waals surface area contributed by atoms with Crippen molar-refractivity contribution in [2.75, 3.05) is 19.8 Å². The summed E-state index contributed by atoms with van der Waals surface area (Å²) in [5.41, 5.74) is -1.37. The van der Waals surface area contributed by atoms with E-state index in [4.69, 9.17) is 20.2 Å². The van der Waals surface area contributed by atoms with Crippen molar-refractivity contribution in [1.29, 1.82) is 0 Å². The Kier molecular flexibility index (Phi) is 7.65. The van der Waals surface area contributed by atoms with Gasteiger partial charge in [-0.05, 0) is 19.4 Å². The van der Waals surface area contributed by atoms with Gasteiger partial charge >= 0.3 is 21.3 Å². The Balaban J connectivity index is 3.29. The molecule has 0 amide bonds. The first-order valence-electron chi connectivity index (χ1n) is 7.22. The first-order valence-corrected chi connectivity index (χ1v) is 9.46. The van der Waals surface area contributed by atoms with E-state index < -0.39 is 33.3 Å². The lowest BCUT2D eigenvalue weighted by Crippen LogP contribution is -2.47. The van der Waals surface area contributed by atoms with Crippen LogP contribution in [0.5, 0.6) is 0 Å². The highest BCUT2D eigenvalue weighted by atomic mass is 35.7. The van der Waals surface area contributed by atoms with Crippen LogP contribution in [-0.2, 0) is 39.0 Å². The minimum Gasteiger partial charge on any atom is -0.465 e. The lowest BCUT2D eigenvalue weighted by atomic mass is 9.82. The number of esters is 2. The molecule has 0 atom stereocenters. The van der Waals surface area contributed by atoms with Crippen molar-refractivity contribution in [3.8, 4) is 0 Å². The molecule has 0 aliphatic carbocycles. The van der Waals surface area contributed by atoms with Gasteiger partial charge in [-0.3, -0.25) is 13.8 Å². The summed E-state index contributed by atoms with van der Waals surface area (Å²) in [6.07, 6.45) is -0.155. The van der Waals surface area contributed by atoms with E-state index in [2.05, 4.69) is 4.18 Å². The van der Waals surface area contributed by atoms with Crippen LogP contribution < -0.4 is 0 Å². The fraction of sp³-hybridized carbons (Fsp3) is 0.467. The predicted molar refractivity (Wildman–Crippen MR) is 86.6 cm³/mol. The Morgan fingerprint density at radius 2 is 1.54 bits per heavy atom. The zero-order valence-corrected chi connectivity index (χ0v) is 14.9. The summed E-state index contributed by atoms with van der Waals surface area (Å²) in [6.45, 7) is 2.32. The summed E-state index contributed by atoms with van der Waals surface area (Å²) in [6, 6.07) is 8.57. The molecule has 24 heavy (non-hydrogen) atoms. The van der Waals surface area contributed by atoms with E-state index in [9.17, 15) is 18.0 Å². The van der Waals surface area contributed by atoms with Gasteiger partial charge in [0, 0.05) is 17.1 Å². The van der Waals surface area contributed by atoms with Gasteiger partial charge in [-0.2, -0.15) is 8.42 Å². The molecule has 0 radical (unpaired) electrons. The summed E-state index contributed by atoms with van der Waals surface area (Å²) in [7, 11) is 0.662. The third kappa shape index (κ3) is 5.77. The molecule has 0 aliphatic rings. The number of rotatable bonds is 9. The summed E-state index contributed by atoms with van der Waals surface area (Å²) >= 11 is 0. The molecule has 0 saturated carbocycles. The topological polar surface area (TPSA) is 96.0 Å². The molecule has 0 unspecified atom stereocenters. The normalized spacial score (nSPS) is 11.8. The molecule has 0 heterocycles. The number of benzene rings is 1. The van der Waals surface area contributed by atoms with Crippen molar-refractivity contribution in [2.24, 2.45) is 5.41 Å². The molecule has 0 fully saturated rings. The third-order valence-electron chi connectivity index (χ3n) is 3.13. The minimum atomic E-state index is -4.39. The van der Waals surface area contributed by atoms with E-state index >= 15 is 0 Å². The monoisotopic (exact) mass is 378 g/mol. The van der Waals surface area contributed by atoms with Crippen LogP contribution in [0.25, 0.3) is 0 Å². The lowest BCUT2D eigenvalue weighted by molar-refractivity contribution is -0.174. The van der Waals surface area contributed by atoms with Crippen LogP contribution in [0.1, 0.15) is 19.4 Å². The molecule has 134 valence electrons. The second-order valence-corrected chi connectivity index (χ2v) is 7.00. The molecular weight excluding hydrogens is 360 g/mol. The van der Waals surface area contributed by atoms with Crippen molar-refractivity contribution in [3.05, 3.63) is 35.9 Å². The SMILES string of the molecule is CCOC(=O)C(COS(=O)(=O)Cl)(Cc1ccccc1)C(=O)OCC. The Hall–Kier alpha value is -1.64. The first-order chi connectivity index (χ1) is 11.2. The highest BCUT2D eigenvalue weighted by Crippen LogP contribution is 2.29. The molecule has 1 aromatic rings. The van der Waals surface area contributed by atoms with Gasteiger partial charge in [0.2, 0.25) is 0 Å². The molecule has 1 rings (SSSR count). The number of halogens is 1. The number of hydrogen-bond acceptors (Lipinski definition) is 7. The fourth-order valence-corrected chi connectivity index (χ4v) is 2.53. The standard InChI is InChI=1S/C15H19ClO7S/c1-3-21-13(17)15(14(18)22-4-2,11-23-24(16,19)20)10-12-8-6-5-7-9-12/h5-9H,3-4,10-11H2,1-2H3. The van der Waals surface area contributed by atoms with Crippen LogP contribution in [0.15, 0.2) is 30.3 Å². The maximum Gasteiger partial charge on any atom is 0.355 e. The second-order valence-electron chi connectivity index (χ2n) is 4.84. The number of hydrogen-bond donors (Lipinski definition) is 0. The van der Waals surface area contributed by atoms with Crippen molar-refractivity contribution < 1.29 is 31.7 Å². The molecule has 0 saturated heterocycles. The van der Waals surface area contributed by atoms with Gasteiger partial charge in [-0.15, -0.1) is 0 Å².